The van der Waals surface area contributed by atoms with E-state index in [4.69, 9.17) is 0 Å². The predicted molar refractivity (Wildman–Crippen MR) is 109 cm³/mol. The fraction of sp³-hybridized carbons (Fsp3) is 0.318. The Kier molecular flexibility index (Phi) is 5.79. The number of nitrogens with zero attached hydrogens (tertiary/aromatic N) is 2. The van der Waals surface area contributed by atoms with Crippen molar-refractivity contribution >= 4 is 17.0 Å². The first-order valence-corrected chi connectivity index (χ1v) is 10.0. The molecule has 3 rings (SSSR count). The third-order valence-corrected chi connectivity index (χ3v) is 5.28. The van der Waals surface area contributed by atoms with E-state index in [1.54, 1.807) is 6.07 Å². The second-order valence-corrected chi connectivity index (χ2v) is 8.22. The number of alkyl halides is 3. The Bertz CT molecular complexity index is 1040. The van der Waals surface area contributed by atoms with Gasteiger partial charge in [-0.1, -0.05) is 37.6 Å². The molecule has 3 aromatic rings. The lowest BCUT2D eigenvalue weighted by Gasteiger charge is -2.14. The minimum Gasteiger partial charge on any atom is -0.316 e. The van der Waals surface area contributed by atoms with Crippen LogP contribution in [0.5, 0.6) is 0 Å². The van der Waals surface area contributed by atoms with Gasteiger partial charge < -0.3 is 4.57 Å². The van der Waals surface area contributed by atoms with E-state index in [-0.39, 0.29) is 0 Å². The van der Waals surface area contributed by atoms with E-state index >= 15 is 0 Å². The molecule has 0 saturated heterocycles. The summed E-state index contributed by atoms with van der Waals surface area (Å²) in [7, 11) is 0. The Balaban J connectivity index is 2.16. The summed E-state index contributed by atoms with van der Waals surface area (Å²) in [5.41, 5.74) is 4.12. The molecule has 0 bridgehead atoms. The van der Waals surface area contributed by atoms with Crippen LogP contribution in [0.1, 0.15) is 30.5 Å². The second-order valence-electron chi connectivity index (χ2n) is 7.39. The zero-order chi connectivity index (χ0) is 20.5. The van der Waals surface area contributed by atoms with Gasteiger partial charge in [0.05, 0.1) is 16.9 Å². The molecule has 0 amide bonds. The minimum atomic E-state index is -4.38. The SMILES string of the molecule is Cc1ccc(C)c(-c2csc(=Nc3cccc(C(F)(F)F)c3)n2CC(C)C)c1. The smallest absolute Gasteiger partial charge is 0.316 e. The summed E-state index contributed by atoms with van der Waals surface area (Å²) in [5.74, 6) is 0.374. The second kappa shape index (κ2) is 7.95. The van der Waals surface area contributed by atoms with Gasteiger partial charge in [0.1, 0.15) is 0 Å². The number of thiazole rings is 1. The summed E-state index contributed by atoms with van der Waals surface area (Å²) in [6.45, 7) is 9.09. The van der Waals surface area contributed by atoms with Crippen molar-refractivity contribution in [2.24, 2.45) is 10.9 Å². The maximum atomic E-state index is 13.0. The molecule has 2 nitrogen and oxygen atoms in total. The van der Waals surface area contributed by atoms with Crippen molar-refractivity contribution in [1.82, 2.24) is 4.57 Å². The van der Waals surface area contributed by atoms with Gasteiger partial charge in [0.25, 0.3) is 0 Å². The van der Waals surface area contributed by atoms with Crippen molar-refractivity contribution in [2.75, 3.05) is 0 Å². The van der Waals surface area contributed by atoms with Gasteiger partial charge in [-0.15, -0.1) is 11.3 Å². The van der Waals surface area contributed by atoms with Crippen molar-refractivity contribution in [2.45, 2.75) is 40.4 Å². The summed E-state index contributed by atoms with van der Waals surface area (Å²) in [4.78, 5) is 5.25. The molecule has 6 heteroatoms. The first-order valence-electron chi connectivity index (χ1n) is 9.13. The van der Waals surface area contributed by atoms with Crippen LogP contribution < -0.4 is 4.80 Å². The van der Waals surface area contributed by atoms with Crippen molar-refractivity contribution in [1.29, 1.82) is 0 Å². The van der Waals surface area contributed by atoms with Crippen molar-refractivity contribution in [3.63, 3.8) is 0 Å². The summed E-state index contributed by atoms with van der Waals surface area (Å²) in [6.07, 6.45) is -4.38. The normalized spacial score (nSPS) is 12.8. The van der Waals surface area contributed by atoms with Gasteiger partial charge in [-0.25, -0.2) is 4.99 Å². The molecule has 0 aliphatic heterocycles. The molecule has 0 atom stereocenters. The van der Waals surface area contributed by atoms with Crippen LogP contribution >= 0.6 is 11.3 Å². The van der Waals surface area contributed by atoms with Gasteiger partial charge in [0.15, 0.2) is 4.80 Å². The molecule has 0 fully saturated rings. The maximum absolute atomic E-state index is 13.0. The molecule has 0 spiro atoms. The number of aromatic nitrogens is 1. The molecule has 1 heterocycles. The first-order chi connectivity index (χ1) is 13.1. The number of halogens is 3. The van der Waals surface area contributed by atoms with Crippen LogP contribution in [0, 0.1) is 19.8 Å². The lowest BCUT2D eigenvalue weighted by molar-refractivity contribution is -0.137. The van der Waals surface area contributed by atoms with E-state index in [1.807, 2.05) is 5.38 Å². The van der Waals surface area contributed by atoms with Crippen molar-refractivity contribution in [3.05, 3.63) is 69.3 Å². The molecule has 0 N–H and O–H groups in total. The Morgan fingerprint density at radius 2 is 1.82 bits per heavy atom. The Labute approximate surface area is 167 Å². The number of hydrogen-bond donors (Lipinski definition) is 0. The molecular formula is C22H23F3N2S. The van der Waals surface area contributed by atoms with Crippen LogP contribution in [0.2, 0.25) is 0 Å². The van der Waals surface area contributed by atoms with Gasteiger partial charge in [0, 0.05) is 17.5 Å². The molecule has 0 unspecified atom stereocenters. The maximum Gasteiger partial charge on any atom is 0.416 e. The van der Waals surface area contributed by atoms with Crippen LogP contribution in [0.15, 0.2) is 52.8 Å². The molecule has 1 aromatic heterocycles. The molecule has 2 aromatic carbocycles. The Morgan fingerprint density at radius 1 is 1.07 bits per heavy atom. The van der Waals surface area contributed by atoms with Gasteiger partial charge in [0.2, 0.25) is 0 Å². The predicted octanol–water partition coefficient (Wildman–Crippen LogP) is 6.74. The van der Waals surface area contributed by atoms with Gasteiger partial charge in [-0.2, -0.15) is 13.2 Å². The molecule has 0 aliphatic rings. The number of rotatable bonds is 4. The van der Waals surface area contributed by atoms with Crippen molar-refractivity contribution < 1.29 is 13.2 Å². The summed E-state index contributed by atoms with van der Waals surface area (Å²) < 4.78 is 41.2. The highest BCUT2D eigenvalue weighted by atomic mass is 32.1. The lowest BCUT2D eigenvalue weighted by Crippen LogP contribution is -2.19. The van der Waals surface area contributed by atoms with Crippen molar-refractivity contribution in [3.8, 4) is 11.3 Å². The molecule has 28 heavy (non-hydrogen) atoms. The zero-order valence-electron chi connectivity index (χ0n) is 16.3. The third-order valence-electron chi connectivity index (χ3n) is 4.41. The molecule has 148 valence electrons. The first kappa shape index (κ1) is 20.4. The van der Waals surface area contributed by atoms with Crippen LogP contribution in [0.4, 0.5) is 18.9 Å². The van der Waals surface area contributed by atoms with E-state index < -0.39 is 11.7 Å². The quantitative estimate of drug-likeness (QED) is 0.458. The summed E-state index contributed by atoms with van der Waals surface area (Å²) in [5, 5.41) is 2.04. The van der Waals surface area contributed by atoms with E-state index in [2.05, 4.69) is 55.5 Å². The largest absolute Gasteiger partial charge is 0.416 e. The van der Waals surface area contributed by atoms with Crippen LogP contribution in [-0.4, -0.2) is 4.57 Å². The number of benzene rings is 2. The highest BCUT2D eigenvalue weighted by Crippen LogP contribution is 2.31. The summed E-state index contributed by atoms with van der Waals surface area (Å²) in [6, 6.07) is 11.5. The molecule has 0 saturated carbocycles. The fourth-order valence-electron chi connectivity index (χ4n) is 3.05. The topological polar surface area (TPSA) is 17.3 Å². The van der Waals surface area contributed by atoms with Crippen LogP contribution in [0.25, 0.3) is 11.3 Å². The van der Waals surface area contributed by atoms with E-state index in [0.29, 0.717) is 16.4 Å². The summed E-state index contributed by atoms with van der Waals surface area (Å²) >= 11 is 1.45. The number of aryl methyl sites for hydroxylation is 2. The lowest BCUT2D eigenvalue weighted by atomic mass is 10.0. The standard InChI is InChI=1S/C22H23F3N2S/c1-14(2)12-27-20(19-10-15(3)8-9-16(19)4)13-28-21(27)26-18-7-5-6-17(11-18)22(23,24)25/h5-11,13-14H,12H2,1-4H3. The van der Waals surface area contributed by atoms with Crippen LogP contribution in [0.3, 0.4) is 0 Å². The van der Waals surface area contributed by atoms with Gasteiger partial charge >= 0.3 is 6.18 Å². The highest BCUT2D eigenvalue weighted by molar-refractivity contribution is 7.07. The average molecular weight is 405 g/mol. The molecule has 0 radical (unpaired) electrons. The minimum absolute atomic E-state index is 0.307. The van der Waals surface area contributed by atoms with E-state index in [1.165, 1.54) is 23.0 Å². The van der Waals surface area contributed by atoms with E-state index in [0.717, 1.165) is 35.5 Å². The highest BCUT2D eigenvalue weighted by Gasteiger charge is 2.30. The number of hydrogen-bond acceptors (Lipinski definition) is 2. The van der Waals surface area contributed by atoms with Gasteiger partial charge in [-0.3, -0.25) is 0 Å². The Hall–Kier alpha value is -2.34. The monoisotopic (exact) mass is 404 g/mol. The van der Waals surface area contributed by atoms with Gasteiger partial charge in [-0.05, 0) is 49.6 Å². The van der Waals surface area contributed by atoms with E-state index in [9.17, 15) is 13.2 Å². The average Bonchev–Trinajstić information content (AvgIpc) is 2.98. The zero-order valence-corrected chi connectivity index (χ0v) is 17.2. The fourth-order valence-corrected chi connectivity index (χ4v) is 3.98. The van der Waals surface area contributed by atoms with Crippen LogP contribution in [-0.2, 0) is 12.7 Å². The molecule has 0 aliphatic carbocycles. The Morgan fingerprint density at radius 3 is 2.50 bits per heavy atom. The molecular weight excluding hydrogens is 381 g/mol. The third kappa shape index (κ3) is 4.55.